The van der Waals surface area contributed by atoms with E-state index in [2.05, 4.69) is 12.2 Å². The fourth-order valence-electron chi connectivity index (χ4n) is 1.66. The second-order valence-corrected chi connectivity index (χ2v) is 3.95. The van der Waals surface area contributed by atoms with Gasteiger partial charge in [0.25, 0.3) is 0 Å². The molecule has 3 atom stereocenters. The van der Waals surface area contributed by atoms with Crippen LogP contribution in [-0.4, -0.2) is 50.7 Å². The third-order valence-corrected chi connectivity index (χ3v) is 2.62. The van der Waals surface area contributed by atoms with E-state index in [1.54, 1.807) is 7.11 Å². The number of aliphatic hydroxyl groups excluding tert-OH is 1. The molecule has 0 aromatic rings. The van der Waals surface area contributed by atoms with Crippen LogP contribution in [0.4, 0.5) is 0 Å². The molecule has 1 aliphatic heterocycles. The number of hydrogen-bond donors (Lipinski definition) is 2. The lowest BCUT2D eigenvalue weighted by Gasteiger charge is -2.30. The van der Waals surface area contributed by atoms with E-state index in [-0.39, 0.29) is 6.10 Å². The van der Waals surface area contributed by atoms with Gasteiger partial charge >= 0.3 is 0 Å². The average Bonchev–Trinajstić information content (AvgIpc) is 2.17. The first-order valence-corrected chi connectivity index (χ1v) is 5.23. The molecule has 84 valence electrons. The lowest BCUT2D eigenvalue weighted by atomic mass is 9.97. The number of ether oxygens (including phenoxy) is 2. The number of rotatable bonds is 5. The monoisotopic (exact) mass is 203 g/mol. The average molecular weight is 203 g/mol. The number of hydrogen-bond acceptors (Lipinski definition) is 4. The number of aliphatic hydroxyl groups is 1. The van der Waals surface area contributed by atoms with Gasteiger partial charge in [0.05, 0.1) is 19.3 Å². The summed E-state index contributed by atoms with van der Waals surface area (Å²) in [5.74, 6) is 0.575. The van der Waals surface area contributed by atoms with E-state index in [9.17, 15) is 5.11 Å². The second-order valence-electron chi connectivity index (χ2n) is 3.95. The van der Waals surface area contributed by atoms with Crippen molar-refractivity contribution in [1.29, 1.82) is 0 Å². The molecule has 4 heteroatoms. The minimum atomic E-state index is -0.505. The lowest BCUT2D eigenvalue weighted by Crippen LogP contribution is -2.42. The maximum atomic E-state index is 9.40. The predicted octanol–water partition coefficient (Wildman–Crippen LogP) is 0.00830. The molecule has 1 saturated heterocycles. The van der Waals surface area contributed by atoms with E-state index >= 15 is 0 Å². The molecule has 14 heavy (non-hydrogen) atoms. The quantitative estimate of drug-likeness (QED) is 0.661. The first kappa shape index (κ1) is 11.9. The first-order chi connectivity index (χ1) is 6.74. The summed E-state index contributed by atoms with van der Waals surface area (Å²) in [6.45, 7) is 4.86. The largest absolute Gasteiger partial charge is 0.388 e. The Morgan fingerprint density at radius 2 is 2.29 bits per heavy atom. The molecule has 0 spiro atoms. The van der Waals surface area contributed by atoms with E-state index in [1.807, 2.05) is 0 Å². The van der Waals surface area contributed by atoms with Gasteiger partial charge in [0.2, 0.25) is 0 Å². The fourth-order valence-corrected chi connectivity index (χ4v) is 1.66. The summed E-state index contributed by atoms with van der Waals surface area (Å²) < 4.78 is 10.4. The van der Waals surface area contributed by atoms with Crippen LogP contribution in [0.15, 0.2) is 0 Å². The van der Waals surface area contributed by atoms with Crippen LogP contribution in [0, 0.1) is 5.92 Å². The summed E-state index contributed by atoms with van der Waals surface area (Å²) in [5.41, 5.74) is 0. The molecule has 0 aliphatic carbocycles. The number of methoxy groups -OCH3 is 1. The molecule has 0 aromatic heterocycles. The second kappa shape index (κ2) is 6.35. The first-order valence-electron chi connectivity index (χ1n) is 5.23. The van der Waals surface area contributed by atoms with Crippen LogP contribution in [0.2, 0.25) is 0 Å². The molecule has 0 aromatic carbocycles. The van der Waals surface area contributed by atoms with E-state index < -0.39 is 6.10 Å². The lowest BCUT2D eigenvalue weighted by molar-refractivity contribution is -0.0576. The molecular weight excluding hydrogens is 182 g/mol. The molecule has 1 aliphatic rings. The molecule has 4 nitrogen and oxygen atoms in total. The molecule has 0 saturated carbocycles. The van der Waals surface area contributed by atoms with Crippen molar-refractivity contribution in [2.75, 3.05) is 33.4 Å². The van der Waals surface area contributed by atoms with Crippen molar-refractivity contribution in [3.8, 4) is 0 Å². The van der Waals surface area contributed by atoms with Crippen molar-refractivity contribution in [1.82, 2.24) is 5.32 Å². The van der Waals surface area contributed by atoms with E-state index in [4.69, 9.17) is 9.47 Å². The molecule has 0 bridgehead atoms. The zero-order chi connectivity index (χ0) is 10.4. The Bertz CT molecular complexity index is 154. The van der Waals surface area contributed by atoms with Crippen molar-refractivity contribution in [2.24, 2.45) is 5.92 Å². The van der Waals surface area contributed by atoms with Gasteiger partial charge in [-0.3, -0.25) is 0 Å². The molecule has 0 radical (unpaired) electrons. The van der Waals surface area contributed by atoms with Gasteiger partial charge < -0.3 is 19.9 Å². The van der Waals surface area contributed by atoms with Gasteiger partial charge in [-0.25, -0.2) is 0 Å². The predicted molar refractivity (Wildman–Crippen MR) is 54.3 cm³/mol. The van der Waals surface area contributed by atoms with E-state index in [0.29, 0.717) is 19.1 Å². The maximum absolute atomic E-state index is 9.40. The Morgan fingerprint density at radius 3 is 2.93 bits per heavy atom. The Hall–Kier alpha value is -0.160. The topological polar surface area (TPSA) is 50.7 Å². The van der Waals surface area contributed by atoms with Gasteiger partial charge in [-0.15, -0.1) is 0 Å². The minimum absolute atomic E-state index is 0.232. The van der Waals surface area contributed by atoms with Crippen molar-refractivity contribution in [2.45, 2.75) is 25.6 Å². The summed E-state index contributed by atoms with van der Waals surface area (Å²) >= 11 is 0. The molecule has 0 amide bonds. The highest BCUT2D eigenvalue weighted by molar-refractivity contribution is 4.75. The van der Waals surface area contributed by atoms with Gasteiger partial charge in [-0.2, -0.15) is 0 Å². The molecular formula is C10H21NO3. The van der Waals surface area contributed by atoms with Gasteiger partial charge in [0.15, 0.2) is 0 Å². The summed E-state index contributed by atoms with van der Waals surface area (Å²) in [7, 11) is 1.58. The summed E-state index contributed by atoms with van der Waals surface area (Å²) in [6.07, 6.45) is 0.870. The van der Waals surface area contributed by atoms with Crippen LogP contribution >= 0.6 is 0 Å². The number of piperidine rings is 1. The van der Waals surface area contributed by atoms with E-state index in [1.165, 1.54) is 0 Å². The van der Waals surface area contributed by atoms with Gasteiger partial charge in [-0.05, 0) is 18.9 Å². The highest BCUT2D eigenvalue weighted by atomic mass is 16.5. The normalized spacial score (nSPS) is 30.2. The van der Waals surface area contributed by atoms with Crippen molar-refractivity contribution >= 4 is 0 Å². The molecule has 1 heterocycles. The Balaban J connectivity index is 2.15. The van der Waals surface area contributed by atoms with E-state index in [0.717, 1.165) is 19.5 Å². The van der Waals surface area contributed by atoms with Crippen molar-refractivity contribution in [3.63, 3.8) is 0 Å². The Morgan fingerprint density at radius 1 is 1.50 bits per heavy atom. The molecule has 3 unspecified atom stereocenters. The van der Waals surface area contributed by atoms with Crippen molar-refractivity contribution < 1.29 is 14.6 Å². The zero-order valence-corrected chi connectivity index (χ0v) is 9.03. The van der Waals surface area contributed by atoms with Crippen molar-refractivity contribution in [3.05, 3.63) is 0 Å². The third kappa shape index (κ3) is 3.92. The van der Waals surface area contributed by atoms with Crippen LogP contribution in [0.3, 0.4) is 0 Å². The molecule has 1 rings (SSSR count). The fraction of sp³-hybridized carbons (Fsp3) is 1.00. The van der Waals surface area contributed by atoms with Gasteiger partial charge in [-0.1, -0.05) is 6.92 Å². The summed E-state index contributed by atoms with van der Waals surface area (Å²) in [4.78, 5) is 0. The van der Waals surface area contributed by atoms with Crippen LogP contribution in [0.1, 0.15) is 13.3 Å². The van der Waals surface area contributed by atoms with Crippen LogP contribution in [0.5, 0.6) is 0 Å². The molecule has 1 fully saturated rings. The smallest absolute Gasteiger partial charge is 0.101 e. The Kier molecular flexibility index (Phi) is 5.40. The van der Waals surface area contributed by atoms with Gasteiger partial charge in [0.1, 0.15) is 6.10 Å². The minimum Gasteiger partial charge on any atom is -0.388 e. The number of nitrogens with one attached hydrogen (secondary N) is 1. The zero-order valence-electron chi connectivity index (χ0n) is 9.03. The van der Waals surface area contributed by atoms with Crippen LogP contribution in [-0.2, 0) is 9.47 Å². The van der Waals surface area contributed by atoms with Crippen LogP contribution < -0.4 is 5.32 Å². The van der Waals surface area contributed by atoms with Gasteiger partial charge in [0, 0.05) is 13.7 Å². The third-order valence-electron chi connectivity index (χ3n) is 2.62. The Labute approximate surface area is 85.6 Å². The highest BCUT2D eigenvalue weighted by Gasteiger charge is 2.22. The summed E-state index contributed by atoms with van der Waals surface area (Å²) in [5, 5.41) is 12.7. The summed E-state index contributed by atoms with van der Waals surface area (Å²) in [6, 6.07) is 0. The molecule has 2 N–H and O–H groups in total. The maximum Gasteiger partial charge on any atom is 0.101 e. The highest BCUT2D eigenvalue weighted by Crippen LogP contribution is 2.14. The standard InChI is InChI=1S/C10H21NO3/c1-8-3-4-11-5-10(8)14-7-9(12)6-13-2/h8-12H,3-7H2,1-2H3. The van der Waals surface area contributed by atoms with Crippen LogP contribution in [0.25, 0.3) is 0 Å². The SMILES string of the molecule is COCC(O)COC1CNCCC1C.